The predicted molar refractivity (Wildman–Crippen MR) is 51.5 cm³/mol. The standard InChI is InChI=1S/C7H6ClN3O2S/c8-14(12,13)4-6-7-3-9-1-2-11(7)5-10-6/h1-3,5H,4H2. The zero-order chi connectivity index (χ0) is 10.2. The van der Waals surface area contributed by atoms with Gasteiger partial charge in [-0.15, -0.1) is 0 Å². The van der Waals surface area contributed by atoms with E-state index in [1.165, 1.54) is 6.33 Å². The van der Waals surface area contributed by atoms with Crippen LogP contribution in [0.25, 0.3) is 5.52 Å². The Kier molecular flexibility index (Phi) is 2.16. The Balaban J connectivity index is 2.54. The van der Waals surface area contributed by atoms with E-state index >= 15 is 0 Å². The van der Waals surface area contributed by atoms with Gasteiger partial charge >= 0.3 is 0 Å². The Morgan fingerprint density at radius 1 is 1.50 bits per heavy atom. The molecule has 0 radical (unpaired) electrons. The van der Waals surface area contributed by atoms with E-state index in [2.05, 4.69) is 9.97 Å². The number of rotatable bonds is 2. The lowest BCUT2D eigenvalue weighted by atomic mass is 10.4. The van der Waals surface area contributed by atoms with E-state index in [-0.39, 0.29) is 5.75 Å². The monoisotopic (exact) mass is 231 g/mol. The number of imidazole rings is 1. The highest BCUT2D eigenvalue weighted by molar-refractivity contribution is 8.13. The van der Waals surface area contributed by atoms with Gasteiger partial charge in [-0.05, 0) is 0 Å². The highest BCUT2D eigenvalue weighted by Crippen LogP contribution is 2.13. The fraction of sp³-hybridized carbons (Fsp3) is 0.143. The number of fused-ring (bicyclic) bond motifs is 1. The van der Waals surface area contributed by atoms with Crippen LogP contribution in [0.5, 0.6) is 0 Å². The Hall–Kier alpha value is -1.14. The Labute approximate surface area is 84.8 Å². The van der Waals surface area contributed by atoms with Crippen molar-refractivity contribution in [1.29, 1.82) is 0 Å². The fourth-order valence-electron chi connectivity index (χ4n) is 1.17. The van der Waals surface area contributed by atoms with Crippen LogP contribution in [0, 0.1) is 0 Å². The van der Waals surface area contributed by atoms with Crippen LogP contribution in [0.4, 0.5) is 0 Å². The van der Waals surface area contributed by atoms with Crippen LogP contribution in [-0.4, -0.2) is 22.8 Å². The molecule has 0 spiro atoms. The highest BCUT2D eigenvalue weighted by Gasteiger charge is 2.12. The molecule has 2 aromatic heterocycles. The van der Waals surface area contributed by atoms with E-state index in [0.29, 0.717) is 11.2 Å². The summed E-state index contributed by atoms with van der Waals surface area (Å²) in [5, 5.41) is 0. The molecule has 0 fully saturated rings. The van der Waals surface area contributed by atoms with Gasteiger partial charge in [-0.3, -0.25) is 4.98 Å². The van der Waals surface area contributed by atoms with E-state index in [9.17, 15) is 8.42 Å². The molecule has 0 aliphatic carbocycles. The van der Waals surface area contributed by atoms with Crippen LogP contribution in [0.1, 0.15) is 5.69 Å². The molecular weight excluding hydrogens is 226 g/mol. The Bertz CT molecular complexity index is 563. The van der Waals surface area contributed by atoms with Crippen molar-refractivity contribution in [3.05, 3.63) is 30.6 Å². The number of halogens is 1. The minimum Gasteiger partial charge on any atom is -0.303 e. The summed E-state index contributed by atoms with van der Waals surface area (Å²) in [6.07, 6.45) is 6.35. The number of aromatic nitrogens is 3. The second-order valence-electron chi connectivity index (χ2n) is 2.74. The molecule has 5 nitrogen and oxygen atoms in total. The van der Waals surface area contributed by atoms with Gasteiger partial charge < -0.3 is 4.40 Å². The minimum atomic E-state index is -3.57. The van der Waals surface area contributed by atoms with Gasteiger partial charge in [0.1, 0.15) is 5.75 Å². The molecule has 0 saturated heterocycles. The maximum Gasteiger partial charge on any atom is 0.238 e. The summed E-state index contributed by atoms with van der Waals surface area (Å²) in [6, 6.07) is 0. The molecule has 14 heavy (non-hydrogen) atoms. The van der Waals surface area contributed by atoms with Crippen molar-refractivity contribution in [3.8, 4) is 0 Å². The zero-order valence-electron chi connectivity index (χ0n) is 6.96. The van der Waals surface area contributed by atoms with Crippen molar-refractivity contribution in [1.82, 2.24) is 14.4 Å². The molecule has 0 bridgehead atoms. The highest BCUT2D eigenvalue weighted by atomic mass is 35.7. The molecule has 0 N–H and O–H groups in total. The molecule has 0 amide bonds. The summed E-state index contributed by atoms with van der Waals surface area (Å²) in [7, 11) is 1.56. The lowest BCUT2D eigenvalue weighted by molar-refractivity contribution is 0.608. The van der Waals surface area contributed by atoms with Gasteiger partial charge in [-0.25, -0.2) is 13.4 Å². The van der Waals surface area contributed by atoms with Gasteiger partial charge in [0.2, 0.25) is 9.05 Å². The largest absolute Gasteiger partial charge is 0.303 e. The molecule has 2 rings (SSSR count). The van der Waals surface area contributed by atoms with Crippen LogP contribution in [0.3, 0.4) is 0 Å². The smallest absolute Gasteiger partial charge is 0.238 e. The van der Waals surface area contributed by atoms with Crippen molar-refractivity contribution >= 4 is 25.2 Å². The molecule has 0 unspecified atom stereocenters. The first-order valence-electron chi connectivity index (χ1n) is 3.74. The first-order chi connectivity index (χ1) is 6.56. The first kappa shape index (κ1) is 9.42. The summed E-state index contributed by atoms with van der Waals surface area (Å²) in [6.45, 7) is 0. The van der Waals surface area contributed by atoms with Gasteiger partial charge in [-0.2, -0.15) is 0 Å². The maximum atomic E-state index is 10.8. The van der Waals surface area contributed by atoms with Crippen LogP contribution < -0.4 is 0 Å². The Morgan fingerprint density at radius 2 is 2.29 bits per heavy atom. The number of hydrogen-bond acceptors (Lipinski definition) is 4. The second-order valence-corrected chi connectivity index (χ2v) is 5.52. The predicted octanol–water partition coefficient (Wildman–Crippen LogP) is 0.798. The fourth-order valence-corrected chi connectivity index (χ4v) is 2.03. The van der Waals surface area contributed by atoms with Gasteiger partial charge in [0.15, 0.2) is 0 Å². The SMILES string of the molecule is O=S(=O)(Cl)Cc1ncn2ccncc12. The topological polar surface area (TPSA) is 64.3 Å². The molecule has 0 aliphatic heterocycles. The van der Waals surface area contributed by atoms with E-state index < -0.39 is 9.05 Å². The van der Waals surface area contributed by atoms with E-state index in [0.717, 1.165) is 0 Å². The molecule has 7 heteroatoms. The summed E-state index contributed by atoms with van der Waals surface area (Å²) in [4.78, 5) is 7.82. The third kappa shape index (κ3) is 1.85. The van der Waals surface area contributed by atoms with Crippen molar-refractivity contribution in [2.24, 2.45) is 0 Å². The van der Waals surface area contributed by atoms with Crippen LogP contribution in [-0.2, 0) is 14.8 Å². The third-order valence-corrected chi connectivity index (χ3v) is 2.68. The Morgan fingerprint density at radius 3 is 3.00 bits per heavy atom. The van der Waals surface area contributed by atoms with Crippen LogP contribution in [0.15, 0.2) is 24.9 Å². The molecule has 0 aromatic carbocycles. The van der Waals surface area contributed by atoms with Crippen molar-refractivity contribution in [2.75, 3.05) is 0 Å². The van der Waals surface area contributed by atoms with E-state index in [1.807, 2.05) is 0 Å². The molecule has 74 valence electrons. The van der Waals surface area contributed by atoms with Gasteiger partial charge in [0.05, 0.1) is 23.7 Å². The van der Waals surface area contributed by atoms with Crippen molar-refractivity contribution in [3.63, 3.8) is 0 Å². The summed E-state index contributed by atoms with van der Waals surface area (Å²) < 4.78 is 23.4. The number of hydrogen-bond donors (Lipinski definition) is 0. The van der Waals surface area contributed by atoms with E-state index in [1.54, 1.807) is 23.0 Å². The van der Waals surface area contributed by atoms with Gasteiger partial charge in [-0.1, -0.05) is 0 Å². The summed E-state index contributed by atoms with van der Waals surface area (Å²) >= 11 is 0. The molecule has 0 saturated carbocycles. The van der Waals surface area contributed by atoms with E-state index in [4.69, 9.17) is 10.7 Å². The molecule has 2 aromatic rings. The summed E-state index contributed by atoms with van der Waals surface area (Å²) in [5.74, 6) is -0.281. The van der Waals surface area contributed by atoms with Crippen LogP contribution in [0.2, 0.25) is 0 Å². The van der Waals surface area contributed by atoms with Crippen molar-refractivity contribution in [2.45, 2.75) is 5.75 Å². The number of nitrogens with zero attached hydrogens (tertiary/aromatic N) is 3. The lowest BCUT2D eigenvalue weighted by Crippen LogP contribution is -1.96. The molecule has 0 atom stereocenters. The third-order valence-electron chi connectivity index (χ3n) is 1.73. The minimum absolute atomic E-state index is 0.281. The zero-order valence-corrected chi connectivity index (χ0v) is 8.53. The lowest BCUT2D eigenvalue weighted by Gasteiger charge is -1.94. The quantitative estimate of drug-likeness (QED) is 0.717. The maximum absolute atomic E-state index is 10.8. The second kappa shape index (κ2) is 3.21. The first-order valence-corrected chi connectivity index (χ1v) is 6.22. The summed E-state index contributed by atoms with van der Waals surface area (Å²) in [5.41, 5.74) is 1.06. The van der Waals surface area contributed by atoms with Crippen LogP contribution >= 0.6 is 10.7 Å². The van der Waals surface area contributed by atoms with Gasteiger partial charge in [0, 0.05) is 23.1 Å². The van der Waals surface area contributed by atoms with Crippen molar-refractivity contribution < 1.29 is 8.42 Å². The molecular formula is C7H6ClN3O2S. The molecule has 2 heterocycles. The van der Waals surface area contributed by atoms with Gasteiger partial charge in [0.25, 0.3) is 0 Å². The normalized spacial score (nSPS) is 12.1. The average molecular weight is 232 g/mol. The molecule has 0 aliphatic rings. The average Bonchev–Trinajstić information content (AvgIpc) is 2.47.